The second kappa shape index (κ2) is 9.96. The first-order chi connectivity index (χ1) is 11.0. The Labute approximate surface area is 149 Å². The molecule has 0 aliphatic carbocycles. The Morgan fingerprint density at radius 3 is 2.50 bits per heavy atom. The number of anilines is 1. The molecule has 2 aromatic rings. The van der Waals surface area contributed by atoms with Gasteiger partial charge in [0.05, 0.1) is 12.6 Å². The van der Waals surface area contributed by atoms with Gasteiger partial charge in [0, 0.05) is 11.8 Å². The number of hydrogen-bond acceptors (Lipinski definition) is 3. The average Bonchev–Trinajstić information content (AvgIpc) is 2.54. The van der Waals surface area contributed by atoms with Gasteiger partial charge in [-0.1, -0.05) is 50.2 Å². The lowest BCUT2D eigenvalue weighted by molar-refractivity contribution is -0.117. The van der Waals surface area contributed by atoms with Crippen LogP contribution in [0.2, 0.25) is 0 Å². The van der Waals surface area contributed by atoms with E-state index in [1.165, 1.54) is 0 Å². The van der Waals surface area contributed by atoms with Gasteiger partial charge in [-0.3, -0.25) is 4.79 Å². The van der Waals surface area contributed by atoms with Crippen LogP contribution in [0.4, 0.5) is 5.69 Å². The monoisotopic (exact) mass is 348 g/mol. The summed E-state index contributed by atoms with van der Waals surface area (Å²) >= 11 is 0. The number of ether oxygens (including phenoxy) is 1. The zero-order valence-electron chi connectivity index (χ0n) is 14.1. The van der Waals surface area contributed by atoms with Crippen LogP contribution >= 0.6 is 12.4 Å². The van der Waals surface area contributed by atoms with E-state index in [1.807, 2.05) is 54.6 Å². The Bertz CT molecular complexity index is 632. The molecule has 3 N–H and O–H groups in total. The standard InChI is InChI=1S/C19H24N2O2.ClH/c1-14(2)13-23-17-10-6-9-16(12-17)21-19(22)18(20)11-15-7-4-3-5-8-15;/h3-10,12,14,18H,11,13,20H2,1-2H3,(H,21,22);1H. The molecule has 1 atom stereocenters. The van der Waals surface area contributed by atoms with Crippen molar-refractivity contribution in [2.45, 2.75) is 26.3 Å². The summed E-state index contributed by atoms with van der Waals surface area (Å²) in [7, 11) is 0. The van der Waals surface area contributed by atoms with E-state index in [4.69, 9.17) is 10.5 Å². The predicted octanol–water partition coefficient (Wildman–Crippen LogP) is 3.65. The maximum atomic E-state index is 12.2. The molecule has 2 rings (SSSR count). The SMILES string of the molecule is CC(C)COc1cccc(NC(=O)C(N)Cc2ccccc2)c1.Cl. The summed E-state index contributed by atoms with van der Waals surface area (Å²) in [5.41, 5.74) is 7.73. The highest BCUT2D eigenvalue weighted by atomic mass is 35.5. The number of nitrogens with one attached hydrogen (secondary N) is 1. The summed E-state index contributed by atoms with van der Waals surface area (Å²) < 4.78 is 5.66. The third kappa shape index (κ3) is 6.60. The van der Waals surface area contributed by atoms with Gasteiger partial charge in [-0.15, -0.1) is 12.4 Å². The van der Waals surface area contributed by atoms with E-state index in [0.717, 1.165) is 11.3 Å². The number of amides is 1. The summed E-state index contributed by atoms with van der Waals surface area (Å²) in [6, 6.07) is 16.5. The molecule has 0 aromatic heterocycles. The van der Waals surface area contributed by atoms with Crippen molar-refractivity contribution < 1.29 is 9.53 Å². The van der Waals surface area contributed by atoms with E-state index >= 15 is 0 Å². The van der Waals surface area contributed by atoms with E-state index < -0.39 is 6.04 Å². The van der Waals surface area contributed by atoms with Crippen molar-refractivity contribution in [2.75, 3.05) is 11.9 Å². The predicted molar refractivity (Wildman–Crippen MR) is 101 cm³/mol. The summed E-state index contributed by atoms with van der Waals surface area (Å²) in [4.78, 5) is 12.2. The molecular formula is C19H25ClN2O2. The Balaban J connectivity index is 0.00000288. The fourth-order valence-corrected chi connectivity index (χ4v) is 2.12. The highest BCUT2D eigenvalue weighted by Gasteiger charge is 2.14. The molecule has 0 bridgehead atoms. The number of rotatable bonds is 7. The molecule has 130 valence electrons. The van der Waals surface area contributed by atoms with Gasteiger partial charge in [-0.25, -0.2) is 0 Å². The van der Waals surface area contributed by atoms with Crippen LogP contribution in [0, 0.1) is 5.92 Å². The van der Waals surface area contributed by atoms with Crippen LogP contribution < -0.4 is 15.8 Å². The third-order valence-corrected chi connectivity index (χ3v) is 3.32. The van der Waals surface area contributed by atoms with Gasteiger partial charge >= 0.3 is 0 Å². The number of carbonyl (C=O) groups excluding carboxylic acids is 1. The molecule has 24 heavy (non-hydrogen) atoms. The summed E-state index contributed by atoms with van der Waals surface area (Å²) in [6.45, 7) is 4.83. The molecule has 0 saturated carbocycles. The highest BCUT2D eigenvalue weighted by molar-refractivity contribution is 5.95. The van der Waals surface area contributed by atoms with Gasteiger partial charge in [-0.2, -0.15) is 0 Å². The summed E-state index contributed by atoms with van der Waals surface area (Å²) in [6.07, 6.45) is 0.510. The molecule has 0 saturated heterocycles. The van der Waals surface area contributed by atoms with Crippen molar-refractivity contribution in [1.29, 1.82) is 0 Å². The maximum Gasteiger partial charge on any atom is 0.241 e. The van der Waals surface area contributed by atoms with Crippen LogP contribution in [0.15, 0.2) is 54.6 Å². The van der Waals surface area contributed by atoms with Gasteiger partial charge in [-0.05, 0) is 30.0 Å². The van der Waals surface area contributed by atoms with Gasteiger partial charge in [0.1, 0.15) is 5.75 Å². The molecular weight excluding hydrogens is 324 g/mol. The topological polar surface area (TPSA) is 64.3 Å². The van der Waals surface area contributed by atoms with E-state index in [1.54, 1.807) is 0 Å². The smallest absolute Gasteiger partial charge is 0.241 e. The van der Waals surface area contributed by atoms with Crippen LogP contribution in [-0.2, 0) is 11.2 Å². The van der Waals surface area contributed by atoms with Crippen molar-refractivity contribution in [3.05, 3.63) is 60.2 Å². The van der Waals surface area contributed by atoms with E-state index in [-0.39, 0.29) is 18.3 Å². The summed E-state index contributed by atoms with van der Waals surface area (Å²) in [5.74, 6) is 0.996. The molecule has 4 nitrogen and oxygen atoms in total. The lowest BCUT2D eigenvalue weighted by atomic mass is 10.1. The Morgan fingerprint density at radius 1 is 1.12 bits per heavy atom. The third-order valence-electron chi connectivity index (χ3n) is 3.32. The van der Waals surface area contributed by atoms with Crippen LogP contribution in [-0.4, -0.2) is 18.6 Å². The molecule has 5 heteroatoms. The van der Waals surface area contributed by atoms with Gasteiger partial charge in [0.25, 0.3) is 0 Å². The van der Waals surface area contributed by atoms with Crippen molar-refractivity contribution in [3.63, 3.8) is 0 Å². The van der Waals surface area contributed by atoms with E-state index in [0.29, 0.717) is 24.6 Å². The quantitative estimate of drug-likeness (QED) is 0.802. The Kier molecular flexibility index (Phi) is 8.30. The number of halogens is 1. The molecule has 1 amide bonds. The van der Waals surface area contributed by atoms with Crippen molar-refractivity contribution in [2.24, 2.45) is 11.7 Å². The minimum atomic E-state index is -0.586. The second-order valence-corrected chi connectivity index (χ2v) is 6.02. The first kappa shape index (κ1) is 20.0. The molecule has 0 aliphatic heterocycles. The first-order valence-corrected chi connectivity index (χ1v) is 7.88. The van der Waals surface area contributed by atoms with Crippen LogP contribution in [0.25, 0.3) is 0 Å². The van der Waals surface area contributed by atoms with Crippen molar-refractivity contribution in [1.82, 2.24) is 0 Å². The van der Waals surface area contributed by atoms with Crippen LogP contribution in [0.5, 0.6) is 5.75 Å². The second-order valence-electron chi connectivity index (χ2n) is 6.02. The highest BCUT2D eigenvalue weighted by Crippen LogP contribution is 2.18. The zero-order valence-corrected chi connectivity index (χ0v) is 14.9. The average molecular weight is 349 g/mol. The maximum absolute atomic E-state index is 12.2. The lowest BCUT2D eigenvalue weighted by Crippen LogP contribution is -2.37. The van der Waals surface area contributed by atoms with Gasteiger partial charge in [0.2, 0.25) is 5.91 Å². The van der Waals surface area contributed by atoms with Crippen molar-refractivity contribution >= 4 is 24.0 Å². The molecule has 0 radical (unpaired) electrons. The molecule has 0 aliphatic rings. The molecule has 0 heterocycles. The van der Waals surface area contributed by atoms with Gasteiger partial charge in [0.15, 0.2) is 0 Å². The molecule has 1 unspecified atom stereocenters. The fourth-order valence-electron chi connectivity index (χ4n) is 2.12. The largest absolute Gasteiger partial charge is 0.493 e. The number of nitrogens with two attached hydrogens (primary N) is 1. The number of hydrogen-bond donors (Lipinski definition) is 2. The number of carbonyl (C=O) groups is 1. The Hall–Kier alpha value is -2.04. The lowest BCUT2D eigenvalue weighted by Gasteiger charge is -2.14. The minimum Gasteiger partial charge on any atom is -0.493 e. The molecule has 2 aromatic carbocycles. The minimum absolute atomic E-state index is 0. The van der Waals surface area contributed by atoms with E-state index in [9.17, 15) is 4.79 Å². The van der Waals surface area contributed by atoms with Crippen LogP contribution in [0.3, 0.4) is 0 Å². The number of benzene rings is 2. The van der Waals surface area contributed by atoms with Crippen molar-refractivity contribution in [3.8, 4) is 5.75 Å². The van der Waals surface area contributed by atoms with Crippen LogP contribution in [0.1, 0.15) is 19.4 Å². The van der Waals surface area contributed by atoms with E-state index in [2.05, 4.69) is 19.2 Å². The zero-order chi connectivity index (χ0) is 16.7. The molecule has 0 spiro atoms. The fraction of sp³-hybridized carbons (Fsp3) is 0.316. The van der Waals surface area contributed by atoms with Gasteiger partial charge < -0.3 is 15.8 Å². The Morgan fingerprint density at radius 2 is 1.83 bits per heavy atom. The normalized spacial score (nSPS) is 11.5. The summed E-state index contributed by atoms with van der Waals surface area (Å²) in [5, 5.41) is 2.85. The first-order valence-electron chi connectivity index (χ1n) is 7.88. The molecule has 0 fully saturated rings.